The predicted molar refractivity (Wildman–Crippen MR) is 143 cm³/mol. The van der Waals surface area contributed by atoms with Gasteiger partial charge in [-0.25, -0.2) is 8.78 Å². The molecule has 3 aliphatic heterocycles. The number of amides is 3. The number of carbonyl (C=O) groups excluding carboxylic acids is 3. The van der Waals surface area contributed by atoms with E-state index in [2.05, 4.69) is 16.4 Å². The van der Waals surface area contributed by atoms with Crippen molar-refractivity contribution >= 4 is 34.3 Å². The van der Waals surface area contributed by atoms with Crippen LogP contribution in [0, 0.1) is 23.0 Å². The van der Waals surface area contributed by atoms with Gasteiger partial charge in [0.1, 0.15) is 29.4 Å². The Morgan fingerprint density at radius 1 is 1.10 bits per heavy atom. The Labute approximate surface area is 229 Å². The Morgan fingerprint density at radius 2 is 1.90 bits per heavy atom. The number of nitrogens with zero attached hydrogens (tertiary/aromatic N) is 3. The molecule has 1 spiro atoms. The SMILES string of the molecule is C[C@H]1C(=O)N2C[C@]3(C[C@H]2C#N)C(=O)Nc2ccc(cc23)CCCCCCN1C(=O)c1cc2c(F)cc(F)cc2[nH]1. The second-order valence-electron chi connectivity index (χ2n) is 11.1. The number of rotatable bonds is 1. The van der Waals surface area contributed by atoms with E-state index in [1.807, 2.05) is 18.2 Å². The van der Waals surface area contributed by atoms with Crippen molar-refractivity contribution < 1.29 is 23.2 Å². The van der Waals surface area contributed by atoms with Gasteiger partial charge >= 0.3 is 0 Å². The minimum atomic E-state index is -1.03. The van der Waals surface area contributed by atoms with Crippen LogP contribution in [0.3, 0.4) is 0 Å². The summed E-state index contributed by atoms with van der Waals surface area (Å²) in [5.41, 5.74) is 1.78. The third-order valence-corrected chi connectivity index (χ3v) is 8.66. The molecule has 4 heterocycles. The zero-order chi connectivity index (χ0) is 28.2. The van der Waals surface area contributed by atoms with Crippen LogP contribution in [0.1, 0.15) is 60.6 Å². The second-order valence-corrected chi connectivity index (χ2v) is 11.1. The Kier molecular flexibility index (Phi) is 6.32. The largest absolute Gasteiger partial charge is 0.350 e. The maximum Gasteiger partial charge on any atom is 0.270 e. The molecular formula is C30H29F2N5O3. The number of aryl methyl sites for hydroxylation is 1. The van der Waals surface area contributed by atoms with Crippen LogP contribution in [0.15, 0.2) is 36.4 Å². The molecular weight excluding hydrogens is 516 g/mol. The number of nitriles is 1. The average Bonchev–Trinajstić information content (AvgIpc) is 3.61. The average molecular weight is 546 g/mol. The molecule has 4 bridgehead atoms. The van der Waals surface area contributed by atoms with Crippen LogP contribution >= 0.6 is 0 Å². The summed E-state index contributed by atoms with van der Waals surface area (Å²) in [6.07, 6.45) is 4.32. The van der Waals surface area contributed by atoms with E-state index in [0.29, 0.717) is 12.1 Å². The molecule has 1 aromatic heterocycles. The van der Waals surface area contributed by atoms with Gasteiger partial charge in [-0.2, -0.15) is 5.26 Å². The van der Waals surface area contributed by atoms with E-state index in [0.717, 1.165) is 48.9 Å². The van der Waals surface area contributed by atoms with Gasteiger partial charge < -0.3 is 20.1 Å². The van der Waals surface area contributed by atoms with Gasteiger partial charge in [0.2, 0.25) is 11.8 Å². The zero-order valence-electron chi connectivity index (χ0n) is 22.1. The minimum Gasteiger partial charge on any atom is -0.350 e. The van der Waals surface area contributed by atoms with Gasteiger partial charge in [-0.05, 0) is 55.5 Å². The maximum absolute atomic E-state index is 14.4. The Balaban J connectivity index is 1.37. The van der Waals surface area contributed by atoms with Crippen molar-refractivity contribution in [3.8, 4) is 6.07 Å². The number of hydrogen-bond donors (Lipinski definition) is 2. The standard InChI is InChI=1S/C30H29F2N5O3/c1-17-27(38)37-16-30(14-20(37)15-33)22-10-18(7-8-24(22)35-29(30)40)6-4-2-3-5-9-36(17)28(39)26-13-21-23(32)11-19(31)12-25(21)34-26/h7-8,10-13,17,20,34H,2-6,9,14,16H2,1H3,(H,35,40)/t17-,20-,30-/m0/s1. The molecule has 0 aliphatic carbocycles. The molecule has 1 saturated heterocycles. The first-order valence-electron chi connectivity index (χ1n) is 13.7. The fourth-order valence-electron chi connectivity index (χ4n) is 6.47. The third kappa shape index (κ3) is 4.12. The van der Waals surface area contributed by atoms with Gasteiger partial charge in [-0.15, -0.1) is 0 Å². The molecule has 8 nitrogen and oxygen atoms in total. The first-order valence-corrected chi connectivity index (χ1v) is 13.7. The summed E-state index contributed by atoms with van der Waals surface area (Å²) in [6, 6.07) is 9.56. The van der Waals surface area contributed by atoms with Crippen LogP contribution in [0.4, 0.5) is 14.5 Å². The molecule has 3 amide bonds. The summed E-state index contributed by atoms with van der Waals surface area (Å²) in [6.45, 7) is 1.92. The fraction of sp³-hybridized carbons (Fsp3) is 0.400. The summed E-state index contributed by atoms with van der Waals surface area (Å²) < 4.78 is 28.1. The van der Waals surface area contributed by atoms with Crippen LogP contribution in [0.2, 0.25) is 0 Å². The van der Waals surface area contributed by atoms with Crippen LogP contribution in [-0.2, 0) is 21.4 Å². The lowest BCUT2D eigenvalue weighted by Gasteiger charge is -2.32. The van der Waals surface area contributed by atoms with E-state index < -0.39 is 40.9 Å². The Hall–Kier alpha value is -4.26. The molecule has 206 valence electrons. The summed E-state index contributed by atoms with van der Waals surface area (Å²) in [5.74, 6) is -2.73. The lowest BCUT2D eigenvalue weighted by atomic mass is 9.79. The molecule has 2 N–H and O–H groups in total. The van der Waals surface area contributed by atoms with Crippen molar-refractivity contribution in [2.45, 2.75) is 62.9 Å². The number of anilines is 1. The third-order valence-electron chi connectivity index (χ3n) is 8.66. The molecule has 0 saturated carbocycles. The van der Waals surface area contributed by atoms with E-state index in [9.17, 15) is 28.4 Å². The van der Waals surface area contributed by atoms with Gasteiger partial charge in [-0.3, -0.25) is 14.4 Å². The molecule has 0 radical (unpaired) electrons. The van der Waals surface area contributed by atoms with E-state index in [-0.39, 0.29) is 42.0 Å². The van der Waals surface area contributed by atoms with Crippen molar-refractivity contribution in [1.29, 1.82) is 5.26 Å². The predicted octanol–water partition coefficient (Wildman–Crippen LogP) is 4.41. The van der Waals surface area contributed by atoms with Gasteiger partial charge in [0, 0.05) is 36.7 Å². The highest BCUT2D eigenvalue weighted by Gasteiger charge is 2.56. The van der Waals surface area contributed by atoms with Crippen molar-refractivity contribution in [1.82, 2.24) is 14.8 Å². The fourth-order valence-corrected chi connectivity index (χ4v) is 6.47. The van der Waals surface area contributed by atoms with Crippen molar-refractivity contribution in [3.05, 3.63) is 64.9 Å². The molecule has 3 aliphatic rings. The molecule has 0 unspecified atom stereocenters. The zero-order valence-corrected chi connectivity index (χ0v) is 22.1. The van der Waals surface area contributed by atoms with Gasteiger partial charge in [0.25, 0.3) is 5.91 Å². The van der Waals surface area contributed by atoms with E-state index in [1.165, 1.54) is 15.9 Å². The smallest absolute Gasteiger partial charge is 0.270 e. The van der Waals surface area contributed by atoms with Crippen LogP contribution < -0.4 is 5.32 Å². The number of aromatic amines is 1. The molecule has 3 aromatic rings. The van der Waals surface area contributed by atoms with Crippen LogP contribution in [0.5, 0.6) is 0 Å². The Morgan fingerprint density at radius 3 is 2.70 bits per heavy atom. The monoisotopic (exact) mass is 545 g/mol. The minimum absolute atomic E-state index is 0.0373. The lowest BCUT2D eigenvalue weighted by Crippen LogP contribution is -2.51. The lowest BCUT2D eigenvalue weighted by molar-refractivity contribution is -0.136. The van der Waals surface area contributed by atoms with Crippen molar-refractivity contribution in [3.63, 3.8) is 0 Å². The Bertz CT molecular complexity index is 1590. The number of halogens is 2. The number of nitrogens with one attached hydrogen (secondary N) is 2. The van der Waals surface area contributed by atoms with Crippen molar-refractivity contribution in [2.24, 2.45) is 0 Å². The first-order chi connectivity index (χ1) is 19.2. The molecule has 6 rings (SSSR count). The highest BCUT2D eigenvalue weighted by Crippen LogP contribution is 2.47. The number of carbonyl (C=O) groups is 3. The topological polar surface area (TPSA) is 109 Å². The van der Waals surface area contributed by atoms with Gasteiger partial charge in [-0.1, -0.05) is 25.0 Å². The number of aromatic nitrogens is 1. The second kappa shape index (κ2) is 9.73. The number of fused-ring (bicyclic) bond motifs is 3. The molecule has 1 fully saturated rings. The highest BCUT2D eigenvalue weighted by atomic mass is 19.1. The summed E-state index contributed by atoms with van der Waals surface area (Å²) in [7, 11) is 0. The molecule has 2 aromatic carbocycles. The quantitative estimate of drug-likeness (QED) is 0.472. The maximum atomic E-state index is 14.4. The summed E-state index contributed by atoms with van der Waals surface area (Å²) in [4.78, 5) is 46.7. The van der Waals surface area contributed by atoms with Gasteiger partial charge in [0.05, 0.1) is 17.0 Å². The van der Waals surface area contributed by atoms with E-state index >= 15 is 0 Å². The normalized spacial score (nSPS) is 24.9. The van der Waals surface area contributed by atoms with E-state index in [4.69, 9.17) is 0 Å². The van der Waals surface area contributed by atoms with Crippen LogP contribution in [0.25, 0.3) is 10.9 Å². The molecule has 10 heteroatoms. The summed E-state index contributed by atoms with van der Waals surface area (Å²) in [5, 5.41) is 13.0. The summed E-state index contributed by atoms with van der Waals surface area (Å²) >= 11 is 0. The highest BCUT2D eigenvalue weighted by molar-refractivity contribution is 6.07. The molecule has 40 heavy (non-hydrogen) atoms. The molecule has 3 atom stereocenters. The van der Waals surface area contributed by atoms with Crippen molar-refractivity contribution in [2.75, 3.05) is 18.4 Å². The van der Waals surface area contributed by atoms with Gasteiger partial charge in [0.15, 0.2) is 0 Å². The number of benzene rings is 2. The van der Waals surface area contributed by atoms with Crippen LogP contribution in [-0.4, -0.2) is 57.7 Å². The van der Waals surface area contributed by atoms with E-state index in [1.54, 1.807) is 6.92 Å². The number of H-pyrrole nitrogens is 1. The first kappa shape index (κ1) is 26.0. The number of hydrogen-bond acceptors (Lipinski definition) is 4.